The largest absolute Gasteiger partial charge is 0.491 e. The van der Waals surface area contributed by atoms with Crippen LogP contribution in [0, 0.1) is 0 Å². The molecular formula is C12H17ClFNO3. The summed E-state index contributed by atoms with van der Waals surface area (Å²) in [7, 11) is 0. The second-order valence-electron chi connectivity index (χ2n) is 3.76. The molecule has 0 aromatic heterocycles. The highest BCUT2D eigenvalue weighted by Gasteiger charge is 2.21. The van der Waals surface area contributed by atoms with Crippen molar-refractivity contribution < 1.29 is 19.0 Å². The summed E-state index contributed by atoms with van der Waals surface area (Å²) in [6.45, 7) is 1.22. The quantitative estimate of drug-likeness (QED) is 0.834. The van der Waals surface area contributed by atoms with Crippen LogP contribution in [-0.4, -0.2) is 30.4 Å². The molecule has 0 spiro atoms. The highest BCUT2D eigenvalue weighted by molar-refractivity contribution is 5.85. The fraction of sp³-hybridized carbons (Fsp3) is 0.417. The molecule has 3 N–H and O–H groups in total. The average molecular weight is 278 g/mol. The van der Waals surface area contributed by atoms with Crippen LogP contribution in [0.1, 0.15) is 18.4 Å². The van der Waals surface area contributed by atoms with E-state index in [2.05, 4.69) is 0 Å². The van der Waals surface area contributed by atoms with Gasteiger partial charge in [-0.2, -0.15) is 0 Å². The van der Waals surface area contributed by atoms with Gasteiger partial charge in [-0.25, -0.2) is 4.39 Å². The van der Waals surface area contributed by atoms with E-state index in [0.717, 1.165) is 5.56 Å². The highest BCUT2D eigenvalue weighted by atomic mass is 35.5. The Morgan fingerprint density at radius 2 is 2.00 bits per heavy atom. The fourth-order valence-corrected chi connectivity index (χ4v) is 1.45. The SMILES string of the molecule is CC(c1ccc(OCCF)cc1)C(N)C(=O)O.Cl. The number of hydrogen-bond acceptors (Lipinski definition) is 3. The van der Waals surface area contributed by atoms with Crippen molar-refractivity contribution in [2.24, 2.45) is 5.73 Å². The Labute approximate surface area is 111 Å². The highest BCUT2D eigenvalue weighted by Crippen LogP contribution is 2.21. The second-order valence-corrected chi connectivity index (χ2v) is 3.76. The van der Waals surface area contributed by atoms with Gasteiger partial charge in [0.25, 0.3) is 0 Å². The lowest BCUT2D eigenvalue weighted by atomic mass is 9.94. The van der Waals surface area contributed by atoms with Crippen molar-refractivity contribution in [1.29, 1.82) is 0 Å². The van der Waals surface area contributed by atoms with Gasteiger partial charge >= 0.3 is 5.97 Å². The Bertz CT molecular complexity index is 372. The zero-order valence-corrected chi connectivity index (χ0v) is 10.8. The number of nitrogens with two attached hydrogens (primary N) is 1. The normalized spacial score (nSPS) is 13.3. The van der Waals surface area contributed by atoms with Gasteiger partial charge in [0.1, 0.15) is 25.1 Å². The molecule has 18 heavy (non-hydrogen) atoms. The van der Waals surface area contributed by atoms with Gasteiger partial charge < -0.3 is 15.6 Å². The molecule has 1 aromatic rings. The molecule has 0 saturated heterocycles. The lowest BCUT2D eigenvalue weighted by Crippen LogP contribution is -2.35. The third-order valence-corrected chi connectivity index (χ3v) is 2.58. The van der Waals surface area contributed by atoms with Crippen molar-refractivity contribution in [2.45, 2.75) is 18.9 Å². The molecule has 0 saturated carbocycles. The Balaban J connectivity index is 0.00000289. The van der Waals surface area contributed by atoms with Crippen LogP contribution in [0.2, 0.25) is 0 Å². The van der Waals surface area contributed by atoms with E-state index in [-0.39, 0.29) is 24.9 Å². The van der Waals surface area contributed by atoms with Crippen molar-refractivity contribution in [2.75, 3.05) is 13.3 Å². The van der Waals surface area contributed by atoms with Crippen LogP contribution in [0.15, 0.2) is 24.3 Å². The summed E-state index contributed by atoms with van der Waals surface area (Å²) in [5, 5.41) is 8.79. The summed E-state index contributed by atoms with van der Waals surface area (Å²) in [5.41, 5.74) is 6.34. The number of carbonyl (C=O) groups is 1. The third kappa shape index (κ3) is 4.50. The first kappa shape index (κ1) is 16.7. The Kier molecular flexibility index (Phi) is 7.31. The molecule has 0 heterocycles. The van der Waals surface area contributed by atoms with Crippen molar-refractivity contribution in [3.05, 3.63) is 29.8 Å². The number of rotatable bonds is 6. The molecule has 1 rings (SSSR count). The number of benzene rings is 1. The molecule has 1 aromatic carbocycles. The van der Waals surface area contributed by atoms with E-state index < -0.39 is 18.7 Å². The van der Waals surface area contributed by atoms with Crippen LogP contribution in [0.25, 0.3) is 0 Å². The predicted octanol–water partition coefficient (Wildman–Crippen LogP) is 1.97. The molecular weight excluding hydrogens is 261 g/mol. The van der Waals surface area contributed by atoms with Crippen molar-refractivity contribution in [1.82, 2.24) is 0 Å². The first-order valence-corrected chi connectivity index (χ1v) is 5.33. The molecule has 0 fully saturated rings. The number of ether oxygens (including phenoxy) is 1. The van der Waals surface area contributed by atoms with Crippen LogP contribution in [0.4, 0.5) is 4.39 Å². The first-order valence-electron chi connectivity index (χ1n) is 5.33. The van der Waals surface area contributed by atoms with E-state index in [1.165, 1.54) is 0 Å². The minimum Gasteiger partial charge on any atom is -0.491 e. The summed E-state index contributed by atoms with van der Waals surface area (Å²) in [6.07, 6.45) is 0. The van der Waals surface area contributed by atoms with Crippen LogP contribution in [-0.2, 0) is 4.79 Å². The van der Waals surface area contributed by atoms with Gasteiger partial charge in [-0.3, -0.25) is 4.79 Å². The molecule has 0 bridgehead atoms. The van der Waals surface area contributed by atoms with Crippen molar-refractivity contribution >= 4 is 18.4 Å². The maximum atomic E-state index is 11.9. The predicted molar refractivity (Wildman–Crippen MR) is 69.2 cm³/mol. The topological polar surface area (TPSA) is 72.5 Å². The van der Waals surface area contributed by atoms with E-state index in [4.69, 9.17) is 15.6 Å². The zero-order valence-electron chi connectivity index (χ0n) is 10.0. The molecule has 0 aliphatic rings. The maximum Gasteiger partial charge on any atom is 0.321 e. The standard InChI is InChI=1S/C12H16FNO3.ClH/c1-8(11(14)12(15)16)9-2-4-10(5-3-9)17-7-6-13;/h2-5,8,11H,6-7,14H2,1H3,(H,15,16);1H. The Hall–Kier alpha value is -1.33. The smallest absolute Gasteiger partial charge is 0.321 e. The van der Waals surface area contributed by atoms with Crippen molar-refractivity contribution in [3.63, 3.8) is 0 Å². The summed E-state index contributed by atoms with van der Waals surface area (Å²) in [4.78, 5) is 10.7. The number of carboxylic acids is 1. The van der Waals surface area contributed by atoms with E-state index in [9.17, 15) is 9.18 Å². The molecule has 4 nitrogen and oxygen atoms in total. The van der Waals surface area contributed by atoms with Gasteiger partial charge in [0, 0.05) is 5.92 Å². The number of carboxylic acid groups (broad SMARTS) is 1. The van der Waals surface area contributed by atoms with Crippen LogP contribution < -0.4 is 10.5 Å². The van der Waals surface area contributed by atoms with E-state index in [1.54, 1.807) is 31.2 Å². The van der Waals surface area contributed by atoms with E-state index in [0.29, 0.717) is 5.75 Å². The van der Waals surface area contributed by atoms with Crippen LogP contribution in [0.5, 0.6) is 5.75 Å². The number of aliphatic carboxylic acids is 1. The molecule has 2 unspecified atom stereocenters. The maximum absolute atomic E-state index is 11.9. The average Bonchev–Trinajstić information content (AvgIpc) is 2.35. The molecule has 0 radical (unpaired) electrons. The summed E-state index contributed by atoms with van der Waals surface area (Å²) < 4.78 is 16.9. The molecule has 6 heteroatoms. The summed E-state index contributed by atoms with van der Waals surface area (Å²) in [6, 6.07) is 5.89. The molecule has 2 atom stereocenters. The zero-order chi connectivity index (χ0) is 12.8. The van der Waals surface area contributed by atoms with Gasteiger partial charge in [-0.05, 0) is 17.7 Å². The molecule has 0 aliphatic heterocycles. The molecule has 0 amide bonds. The van der Waals surface area contributed by atoms with E-state index in [1.807, 2.05) is 0 Å². The van der Waals surface area contributed by atoms with Crippen LogP contribution in [0.3, 0.4) is 0 Å². The van der Waals surface area contributed by atoms with Gasteiger partial charge in [-0.1, -0.05) is 19.1 Å². The minimum absolute atomic E-state index is 0. The summed E-state index contributed by atoms with van der Waals surface area (Å²) >= 11 is 0. The van der Waals surface area contributed by atoms with Crippen molar-refractivity contribution in [3.8, 4) is 5.75 Å². The van der Waals surface area contributed by atoms with Gasteiger partial charge in [0.05, 0.1) is 0 Å². The second kappa shape index (κ2) is 7.89. The minimum atomic E-state index is -1.03. The third-order valence-electron chi connectivity index (χ3n) is 2.58. The summed E-state index contributed by atoms with van der Waals surface area (Å²) in [5.74, 6) is -0.763. The number of hydrogen-bond donors (Lipinski definition) is 2. The van der Waals surface area contributed by atoms with Gasteiger partial charge in [-0.15, -0.1) is 12.4 Å². The van der Waals surface area contributed by atoms with Crippen LogP contribution >= 0.6 is 12.4 Å². The first-order chi connectivity index (χ1) is 8.06. The molecule has 0 aliphatic carbocycles. The number of halogens is 2. The lowest BCUT2D eigenvalue weighted by molar-refractivity contribution is -0.139. The fourth-order valence-electron chi connectivity index (χ4n) is 1.45. The van der Waals surface area contributed by atoms with Gasteiger partial charge in [0.2, 0.25) is 0 Å². The van der Waals surface area contributed by atoms with Gasteiger partial charge in [0.15, 0.2) is 0 Å². The molecule has 102 valence electrons. The lowest BCUT2D eigenvalue weighted by Gasteiger charge is -2.16. The Morgan fingerprint density at radius 1 is 1.44 bits per heavy atom. The monoisotopic (exact) mass is 277 g/mol. The Morgan fingerprint density at radius 3 is 2.44 bits per heavy atom. The van der Waals surface area contributed by atoms with E-state index >= 15 is 0 Å². The number of alkyl halides is 1.